The van der Waals surface area contributed by atoms with Crippen molar-refractivity contribution in [1.82, 2.24) is 10.9 Å². The highest BCUT2D eigenvalue weighted by Gasteiger charge is 1.80. The van der Waals surface area contributed by atoms with Crippen LogP contribution in [0.15, 0.2) is 5.10 Å². The Kier molecular flexibility index (Phi) is 3.97. The molecule has 8 heavy (non-hydrogen) atoms. The average Bonchev–Trinajstić information content (AvgIpc) is 1.83. The van der Waals surface area contributed by atoms with E-state index in [1.54, 1.807) is 6.92 Å². The first-order chi connectivity index (χ1) is 3.81. The highest BCUT2D eigenvalue weighted by Crippen LogP contribution is 1.58. The first kappa shape index (κ1) is 7.23. The summed E-state index contributed by atoms with van der Waals surface area (Å²) in [6, 6.07) is 0. The van der Waals surface area contributed by atoms with Gasteiger partial charge in [0.2, 0.25) is 0 Å². The fraction of sp³-hybridized carbons (Fsp3) is 0.750. The first-order valence-corrected chi connectivity index (χ1v) is 2.54. The molecule has 0 heterocycles. The van der Waals surface area contributed by atoms with E-state index in [1.807, 2.05) is 6.92 Å². The van der Waals surface area contributed by atoms with Crippen LogP contribution < -0.4 is 16.7 Å². The zero-order chi connectivity index (χ0) is 6.41. The summed E-state index contributed by atoms with van der Waals surface area (Å²) in [5, 5.41) is 3.37. The molecule has 0 atom stereocenters. The molecule has 48 valence electrons. The summed E-state index contributed by atoms with van der Waals surface area (Å²) < 4.78 is 0. The van der Waals surface area contributed by atoms with Crippen LogP contribution in [0.1, 0.15) is 13.8 Å². The number of nitrogens with one attached hydrogen (secondary N) is 2. The second kappa shape index (κ2) is 4.39. The molecule has 0 aromatic rings. The Labute approximate surface area is 49.1 Å². The van der Waals surface area contributed by atoms with Crippen LogP contribution in [0, 0.1) is 0 Å². The number of nitrogens with two attached hydrogens (primary N) is 1. The van der Waals surface area contributed by atoms with E-state index in [1.165, 1.54) is 0 Å². The van der Waals surface area contributed by atoms with Crippen LogP contribution in [0.2, 0.25) is 0 Å². The molecule has 4 heteroatoms. The summed E-state index contributed by atoms with van der Waals surface area (Å²) in [7, 11) is 0. The van der Waals surface area contributed by atoms with Crippen LogP contribution in [0.3, 0.4) is 0 Å². The zero-order valence-electron chi connectivity index (χ0n) is 5.23. The maximum atomic E-state index is 4.90. The van der Waals surface area contributed by atoms with E-state index in [2.05, 4.69) is 16.0 Å². The molecule has 0 fully saturated rings. The minimum atomic E-state index is 0.687. The van der Waals surface area contributed by atoms with Crippen LogP contribution in [0.25, 0.3) is 0 Å². The predicted octanol–water partition coefficient (Wildman–Crippen LogP) is -0.607. The summed E-state index contributed by atoms with van der Waals surface area (Å²) >= 11 is 0. The van der Waals surface area contributed by atoms with Crippen molar-refractivity contribution in [3.63, 3.8) is 0 Å². The predicted molar refractivity (Wildman–Crippen MR) is 34.1 cm³/mol. The Bertz CT molecular complexity index is 78.1. The van der Waals surface area contributed by atoms with Crippen molar-refractivity contribution >= 4 is 5.84 Å². The number of hydrogen-bond acceptors (Lipinski definition) is 3. The molecular formula is C4H12N4. The van der Waals surface area contributed by atoms with Gasteiger partial charge in [-0.2, -0.15) is 5.10 Å². The van der Waals surface area contributed by atoms with Gasteiger partial charge < -0.3 is 11.3 Å². The van der Waals surface area contributed by atoms with Crippen LogP contribution in [-0.4, -0.2) is 12.4 Å². The van der Waals surface area contributed by atoms with Gasteiger partial charge >= 0.3 is 0 Å². The molecule has 0 amide bonds. The van der Waals surface area contributed by atoms with Crippen LogP contribution in [0.5, 0.6) is 0 Å². The lowest BCUT2D eigenvalue weighted by molar-refractivity contribution is 0.680. The molecule has 4 N–H and O–H groups in total. The van der Waals surface area contributed by atoms with Gasteiger partial charge in [0, 0.05) is 6.54 Å². The summed E-state index contributed by atoms with van der Waals surface area (Å²) in [5.74, 6) is 5.59. The number of rotatable bonds is 2. The molecule has 0 saturated heterocycles. The average molecular weight is 116 g/mol. The van der Waals surface area contributed by atoms with Crippen molar-refractivity contribution in [3.05, 3.63) is 0 Å². The summed E-state index contributed by atoms with van der Waals surface area (Å²) in [6.07, 6.45) is 0. The van der Waals surface area contributed by atoms with Gasteiger partial charge in [-0.25, -0.2) is 5.43 Å². The molecule has 0 aromatic carbocycles. The van der Waals surface area contributed by atoms with Crippen LogP contribution in [-0.2, 0) is 0 Å². The molecule has 0 aromatic heterocycles. The van der Waals surface area contributed by atoms with Gasteiger partial charge in [-0.15, -0.1) is 0 Å². The van der Waals surface area contributed by atoms with E-state index in [9.17, 15) is 0 Å². The third-order valence-corrected chi connectivity index (χ3v) is 0.640. The van der Waals surface area contributed by atoms with Gasteiger partial charge in [-0.05, 0) is 6.92 Å². The molecule has 4 nitrogen and oxygen atoms in total. The number of hydrazone groups is 1. The van der Waals surface area contributed by atoms with E-state index in [0.29, 0.717) is 5.84 Å². The maximum Gasteiger partial charge on any atom is 0.132 e. The Morgan fingerprint density at radius 1 is 1.75 bits per heavy atom. The topological polar surface area (TPSA) is 62.4 Å². The monoisotopic (exact) mass is 116 g/mol. The molecule has 0 rings (SSSR count). The molecular weight excluding hydrogens is 104 g/mol. The molecule has 0 spiro atoms. The van der Waals surface area contributed by atoms with Crippen molar-refractivity contribution in [3.8, 4) is 0 Å². The van der Waals surface area contributed by atoms with E-state index in [-0.39, 0.29) is 0 Å². The van der Waals surface area contributed by atoms with Crippen LogP contribution in [0.4, 0.5) is 0 Å². The standard InChI is InChI=1S/C4H12N4/c1-3-6-8-4(2)7-5/h6H,3,5H2,1-2H3,(H,7,8). The number of hydrazine groups is 1. The van der Waals surface area contributed by atoms with E-state index < -0.39 is 0 Å². The molecule has 0 aliphatic carbocycles. The fourth-order valence-corrected chi connectivity index (χ4v) is 0.249. The highest BCUT2D eigenvalue weighted by atomic mass is 15.4. The zero-order valence-corrected chi connectivity index (χ0v) is 5.23. The van der Waals surface area contributed by atoms with Gasteiger partial charge in [-0.3, -0.25) is 0 Å². The SMILES string of the molecule is CCNNC(C)=NN. The lowest BCUT2D eigenvalue weighted by Gasteiger charge is -2.01. The molecule has 0 aliphatic rings. The van der Waals surface area contributed by atoms with Gasteiger partial charge in [0.25, 0.3) is 0 Å². The maximum absolute atomic E-state index is 4.90. The first-order valence-electron chi connectivity index (χ1n) is 2.54. The minimum absolute atomic E-state index is 0.687. The Balaban J connectivity index is 3.12. The van der Waals surface area contributed by atoms with Crippen molar-refractivity contribution in [2.24, 2.45) is 10.9 Å². The van der Waals surface area contributed by atoms with Crippen molar-refractivity contribution < 1.29 is 0 Å². The van der Waals surface area contributed by atoms with Gasteiger partial charge in [-0.1, -0.05) is 6.92 Å². The summed E-state index contributed by atoms with van der Waals surface area (Å²) in [4.78, 5) is 0. The van der Waals surface area contributed by atoms with E-state index >= 15 is 0 Å². The summed E-state index contributed by atoms with van der Waals surface area (Å²) in [5.41, 5.74) is 5.60. The molecule has 0 bridgehead atoms. The van der Waals surface area contributed by atoms with Crippen molar-refractivity contribution in [2.75, 3.05) is 6.54 Å². The van der Waals surface area contributed by atoms with Crippen LogP contribution >= 0.6 is 0 Å². The largest absolute Gasteiger partial charge is 0.322 e. The fourth-order valence-electron chi connectivity index (χ4n) is 0.249. The van der Waals surface area contributed by atoms with Gasteiger partial charge in [0.15, 0.2) is 0 Å². The lowest BCUT2D eigenvalue weighted by Crippen LogP contribution is -2.35. The number of hydrogen-bond donors (Lipinski definition) is 3. The summed E-state index contributed by atoms with van der Waals surface area (Å²) in [6.45, 7) is 4.62. The van der Waals surface area contributed by atoms with Gasteiger partial charge in [0.1, 0.15) is 5.84 Å². The second-order valence-electron chi connectivity index (χ2n) is 1.37. The van der Waals surface area contributed by atoms with Gasteiger partial charge in [0.05, 0.1) is 0 Å². The molecule has 0 radical (unpaired) electrons. The minimum Gasteiger partial charge on any atom is -0.322 e. The van der Waals surface area contributed by atoms with Crippen molar-refractivity contribution in [2.45, 2.75) is 13.8 Å². The number of amidine groups is 1. The molecule has 0 saturated carbocycles. The van der Waals surface area contributed by atoms with Crippen molar-refractivity contribution in [1.29, 1.82) is 0 Å². The molecule has 0 unspecified atom stereocenters. The van der Waals surface area contributed by atoms with E-state index in [0.717, 1.165) is 6.54 Å². The third kappa shape index (κ3) is 3.42. The highest BCUT2D eigenvalue weighted by molar-refractivity contribution is 5.78. The number of nitrogens with zero attached hydrogens (tertiary/aromatic N) is 1. The Morgan fingerprint density at radius 2 is 2.38 bits per heavy atom. The third-order valence-electron chi connectivity index (χ3n) is 0.640. The Morgan fingerprint density at radius 3 is 2.75 bits per heavy atom. The second-order valence-corrected chi connectivity index (χ2v) is 1.37. The smallest absolute Gasteiger partial charge is 0.132 e. The van der Waals surface area contributed by atoms with E-state index in [4.69, 9.17) is 5.84 Å². The molecule has 0 aliphatic heterocycles. The lowest BCUT2D eigenvalue weighted by atomic mass is 10.7. The Hall–Kier alpha value is -0.770. The quantitative estimate of drug-likeness (QED) is 0.195. The normalized spacial score (nSPS) is 11.5.